The van der Waals surface area contributed by atoms with Crippen LogP contribution < -0.4 is 9.47 Å². The van der Waals surface area contributed by atoms with Crippen molar-refractivity contribution in [3.05, 3.63) is 100 Å². The monoisotopic (exact) mass is 515 g/mol. The number of unbranched alkanes of at least 4 members (excludes halogenated alkanes) is 2. The van der Waals surface area contributed by atoms with E-state index in [1.165, 1.54) is 0 Å². The molecular formula is C30H30ClN3O3. The normalized spacial score (nSPS) is 14.6. The van der Waals surface area contributed by atoms with Crippen LogP contribution in [0.3, 0.4) is 0 Å². The number of carbonyl (C=O) groups excluding carboxylic acids is 1. The fourth-order valence-electron chi connectivity index (χ4n) is 4.80. The number of rotatable bonds is 10. The molecule has 0 aliphatic carbocycles. The summed E-state index contributed by atoms with van der Waals surface area (Å²) in [5, 5.41) is 8.27. The van der Waals surface area contributed by atoms with Crippen molar-refractivity contribution < 1.29 is 14.3 Å². The summed E-state index contributed by atoms with van der Waals surface area (Å²) in [4.78, 5) is 15.4. The maximum absolute atomic E-state index is 13.5. The quantitative estimate of drug-likeness (QED) is 0.230. The van der Waals surface area contributed by atoms with E-state index < -0.39 is 0 Å². The molecule has 0 fully saturated rings. The molecule has 1 atom stereocenters. The van der Waals surface area contributed by atoms with Gasteiger partial charge in [0, 0.05) is 28.3 Å². The number of aromatic amines is 1. The molecule has 1 aliphatic heterocycles. The van der Waals surface area contributed by atoms with Crippen molar-refractivity contribution in [3.63, 3.8) is 0 Å². The third-order valence-corrected chi connectivity index (χ3v) is 7.15. The number of hydrogen-bond donors (Lipinski definition) is 1. The highest BCUT2D eigenvalue weighted by Gasteiger charge is 2.41. The lowest BCUT2D eigenvalue weighted by molar-refractivity contribution is 0.0740. The third-order valence-electron chi connectivity index (χ3n) is 6.78. The van der Waals surface area contributed by atoms with Crippen LogP contribution in [-0.4, -0.2) is 34.7 Å². The zero-order valence-corrected chi connectivity index (χ0v) is 21.8. The molecule has 4 aromatic rings. The van der Waals surface area contributed by atoms with E-state index in [0.717, 1.165) is 58.7 Å². The Labute approximate surface area is 222 Å². The zero-order valence-electron chi connectivity index (χ0n) is 21.0. The lowest BCUT2D eigenvalue weighted by atomic mass is 9.96. The van der Waals surface area contributed by atoms with Crippen molar-refractivity contribution in [1.82, 2.24) is 15.1 Å². The molecule has 0 bridgehead atoms. The zero-order chi connectivity index (χ0) is 25.8. The molecule has 5 rings (SSSR count). The molecule has 1 aliphatic rings. The molecule has 7 heteroatoms. The molecule has 0 radical (unpaired) electrons. The van der Waals surface area contributed by atoms with Crippen molar-refractivity contribution in [2.75, 3.05) is 13.7 Å². The summed E-state index contributed by atoms with van der Waals surface area (Å²) in [5.41, 5.74) is 5.15. The molecule has 0 spiro atoms. The summed E-state index contributed by atoms with van der Waals surface area (Å²) in [7, 11) is 1.64. The van der Waals surface area contributed by atoms with Crippen LogP contribution in [0.15, 0.2) is 72.8 Å². The summed E-state index contributed by atoms with van der Waals surface area (Å²) in [6.45, 7) is 3.24. The molecule has 0 saturated carbocycles. The highest BCUT2D eigenvalue weighted by molar-refractivity contribution is 6.31. The first-order chi connectivity index (χ1) is 18.1. The van der Waals surface area contributed by atoms with Gasteiger partial charge < -0.3 is 14.4 Å². The smallest absolute Gasteiger partial charge is 0.273 e. The molecule has 6 nitrogen and oxygen atoms in total. The minimum atomic E-state index is -0.229. The number of hydrogen-bond acceptors (Lipinski definition) is 4. The number of fused-ring (bicyclic) bond motifs is 1. The van der Waals surface area contributed by atoms with E-state index in [1.807, 2.05) is 77.7 Å². The molecular weight excluding hydrogens is 486 g/mol. The first-order valence-corrected chi connectivity index (χ1v) is 13.0. The molecule has 1 aromatic heterocycles. The second-order valence-corrected chi connectivity index (χ2v) is 9.55. The van der Waals surface area contributed by atoms with Crippen molar-refractivity contribution in [2.24, 2.45) is 0 Å². The second kappa shape index (κ2) is 11.1. The fraction of sp³-hybridized carbons (Fsp3) is 0.267. The number of carbonyl (C=O) groups is 1. The van der Waals surface area contributed by atoms with Crippen LogP contribution in [0.5, 0.6) is 11.5 Å². The predicted octanol–water partition coefficient (Wildman–Crippen LogP) is 7.05. The Hall–Kier alpha value is -3.77. The van der Waals surface area contributed by atoms with Crippen LogP contribution in [0.2, 0.25) is 5.02 Å². The number of nitrogens with one attached hydrogen (secondary N) is 1. The molecule has 3 aromatic carbocycles. The maximum atomic E-state index is 13.5. The lowest BCUT2D eigenvalue weighted by Gasteiger charge is -2.26. The predicted molar refractivity (Wildman–Crippen MR) is 145 cm³/mol. The third kappa shape index (κ3) is 5.07. The van der Waals surface area contributed by atoms with E-state index in [4.69, 9.17) is 21.1 Å². The molecule has 1 unspecified atom stereocenters. The van der Waals surface area contributed by atoms with Gasteiger partial charge in [0.15, 0.2) is 0 Å². The van der Waals surface area contributed by atoms with Crippen LogP contribution in [0, 0.1) is 0 Å². The summed E-state index contributed by atoms with van der Waals surface area (Å²) < 4.78 is 11.3. The summed E-state index contributed by atoms with van der Waals surface area (Å²) in [5.74, 6) is 1.51. The molecule has 190 valence electrons. The summed E-state index contributed by atoms with van der Waals surface area (Å²) >= 11 is 6.27. The van der Waals surface area contributed by atoms with Crippen molar-refractivity contribution >= 4 is 17.5 Å². The number of aromatic nitrogens is 2. The largest absolute Gasteiger partial charge is 0.497 e. The standard InChI is InChI=1S/C30H30ClN3O3/c1-3-4-7-18-34-29(21-12-16-24(17-13-21)37-19-22-8-5-6-9-25(22)31)26-27(32-33-28(26)30(34)35)20-10-14-23(36-2)15-11-20/h5-6,8-17,29H,3-4,7,18-19H2,1-2H3,(H,32,33). The SMILES string of the molecule is CCCCCN1C(=O)c2[nH]nc(-c3ccc(OC)cc3)c2C1c1ccc(OCc2ccccc2Cl)cc1. The Kier molecular flexibility index (Phi) is 7.47. The Bertz CT molecular complexity index is 1370. The Morgan fingerprint density at radius 2 is 1.70 bits per heavy atom. The van der Waals surface area contributed by atoms with Crippen LogP contribution in [-0.2, 0) is 6.61 Å². The number of halogens is 1. The topological polar surface area (TPSA) is 67.5 Å². The second-order valence-electron chi connectivity index (χ2n) is 9.15. The molecule has 1 amide bonds. The molecule has 37 heavy (non-hydrogen) atoms. The van der Waals surface area contributed by atoms with Crippen LogP contribution in [0.4, 0.5) is 0 Å². The van der Waals surface area contributed by atoms with E-state index in [0.29, 0.717) is 23.9 Å². The van der Waals surface area contributed by atoms with Crippen LogP contribution in [0.25, 0.3) is 11.3 Å². The number of nitrogens with zero attached hydrogens (tertiary/aromatic N) is 2. The van der Waals surface area contributed by atoms with Gasteiger partial charge in [0.05, 0.1) is 18.8 Å². The van der Waals surface area contributed by atoms with Gasteiger partial charge in [-0.15, -0.1) is 0 Å². The minimum absolute atomic E-state index is 0.0117. The van der Waals surface area contributed by atoms with E-state index in [-0.39, 0.29) is 11.9 Å². The Balaban J connectivity index is 1.45. The van der Waals surface area contributed by atoms with Gasteiger partial charge in [-0.1, -0.05) is 61.7 Å². The van der Waals surface area contributed by atoms with Crippen LogP contribution in [0.1, 0.15) is 59.4 Å². The highest BCUT2D eigenvalue weighted by atomic mass is 35.5. The van der Waals surface area contributed by atoms with Gasteiger partial charge in [-0.25, -0.2) is 0 Å². The minimum Gasteiger partial charge on any atom is -0.497 e. The van der Waals surface area contributed by atoms with Gasteiger partial charge >= 0.3 is 0 Å². The first-order valence-electron chi connectivity index (χ1n) is 12.6. The summed E-state index contributed by atoms with van der Waals surface area (Å²) in [6, 6.07) is 23.2. The Morgan fingerprint density at radius 1 is 0.973 bits per heavy atom. The fourth-order valence-corrected chi connectivity index (χ4v) is 4.99. The van der Waals surface area contributed by atoms with Gasteiger partial charge in [0.2, 0.25) is 0 Å². The van der Waals surface area contributed by atoms with Gasteiger partial charge in [0.1, 0.15) is 23.8 Å². The van der Waals surface area contributed by atoms with E-state index >= 15 is 0 Å². The average molecular weight is 516 g/mol. The van der Waals surface area contributed by atoms with Gasteiger partial charge in [-0.2, -0.15) is 5.10 Å². The molecule has 2 heterocycles. The van der Waals surface area contributed by atoms with Gasteiger partial charge in [0.25, 0.3) is 5.91 Å². The van der Waals surface area contributed by atoms with E-state index in [9.17, 15) is 4.79 Å². The first kappa shape index (κ1) is 24.9. The van der Waals surface area contributed by atoms with E-state index in [1.54, 1.807) is 7.11 Å². The lowest BCUT2D eigenvalue weighted by Crippen LogP contribution is -2.30. The number of amides is 1. The van der Waals surface area contributed by atoms with Crippen molar-refractivity contribution in [3.8, 4) is 22.8 Å². The number of benzene rings is 3. The average Bonchev–Trinajstić information content (AvgIpc) is 3.48. The molecule has 0 saturated heterocycles. The van der Waals surface area contributed by atoms with Crippen molar-refractivity contribution in [2.45, 2.75) is 38.8 Å². The Morgan fingerprint density at radius 3 is 2.41 bits per heavy atom. The maximum Gasteiger partial charge on any atom is 0.273 e. The van der Waals surface area contributed by atoms with E-state index in [2.05, 4.69) is 17.1 Å². The van der Waals surface area contributed by atoms with Gasteiger partial charge in [-0.05, 0) is 54.4 Å². The number of methoxy groups -OCH3 is 1. The highest BCUT2D eigenvalue weighted by Crippen LogP contribution is 2.43. The van der Waals surface area contributed by atoms with Crippen LogP contribution >= 0.6 is 11.6 Å². The number of ether oxygens (including phenoxy) is 2. The molecule has 1 N–H and O–H groups in total. The number of H-pyrrole nitrogens is 1. The van der Waals surface area contributed by atoms with Crippen molar-refractivity contribution in [1.29, 1.82) is 0 Å². The van der Waals surface area contributed by atoms with Gasteiger partial charge in [-0.3, -0.25) is 9.89 Å². The summed E-state index contributed by atoms with van der Waals surface area (Å²) in [6.07, 6.45) is 3.12.